The third-order valence-corrected chi connectivity index (χ3v) is 5.00. The van der Waals surface area contributed by atoms with Gasteiger partial charge in [-0.2, -0.15) is 0 Å². The van der Waals surface area contributed by atoms with Gasteiger partial charge in [-0.05, 0) is 33.6 Å². The summed E-state index contributed by atoms with van der Waals surface area (Å²) < 4.78 is 0. The summed E-state index contributed by atoms with van der Waals surface area (Å²) in [5.74, 6) is 0.314. The van der Waals surface area contributed by atoms with E-state index in [1.807, 2.05) is 78.9 Å². The Morgan fingerprint density at radius 2 is 0.962 bits per heavy atom. The molecule has 0 aliphatic carbocycles. The SMILES string of the molecule is Oc1c(-c2ccccc2)c(P)cc(-c2ccccc2)c1-c1ccccc1. The van der Waals surface area contributed by atoms with Gasteiger partial charge in [-0.15, -0.1) is 9.24 Å². The van der Waals surface area contributed by atoms with Crippen LogP contribution in [-0.4, -0.2) is 5.11 Å². The highest BCUT2D eigenvalue weighted by molar-refractivity contribution is 7.28. The Morgan fingerprint density at radius 3 is 1.46 bits per heavy atom. The highest BCUT2D eigenvalue weighted by Gasteiger charge is 2.19. The third kappa shape index (κ3) is 3.03. The molecule has 2 heteroatoms. The monoisotopic (exact) mass is 354 g/mol. The van der Waals surface area contributed by atoms with E-state index in [0.29, 0.717) is 5.75 Å². The lowest BCUT2D eigenvalue weighted by Crippen LogP contribution is -2.01. The van der Waals surface area contributed by atoms with Crippen LogP contribution in [0.25, 0.3) is 33.4 Å². The number of phenolic OH excluding ortho intramolecular Hbond substituents is 1. The van der Waals surface area contributed by atoms with Crippen molar-refractivity contribution in [3.05, 3.63) is 97.1 Å². The molecule has 1 atom stereocenters. The molecule has 4 aromatic carbocycles. The van der Waals surface area contributed by atoms with E-state index in [2.05, 4.69) is 27.4 Å². The summed E-state index contributed by atoms with van der Waals surface area (Å²) in [6.45, 7) is 0. The molecular formula is C24H19OP. The first kappa shape index (κ1) is 16.6. The van der Waals surface area contributed by atoms with Crippen LogP contribution in [0.1, 0.15) is 0 Å². The minimum atomic E-state index is 0.314. The molecule has 0 aliphatic heterocycles. The van der Waals surface area contributed by atoms with Crippen molar-refractivity contribution in [3.63, 3.8) is 0 Å². The summed E-state index contributed by atoms with van der Waals surface area (Å²) in [5.41, 5.74) is 5.85. The van der Waals surface area contributed by atoms with E-state index in [9.17, 15) is 5.11 Å². The Morgan fingerprint density at radius 1 is 0.538 bits per heavy atom. The molecule has 0 heterocycles. The predicted octanol–water partition coefficient (Wildman–Crippen LogP) is 5.89. The normalized spacial score (nSPS) is 10.7. The smallest absolute Gasteiger partial charge is 0.132 e. The van der Waals surface area contributed by atoms with Gasteiger partial charge in [0.1, 0.15) is 5.75 Å². The maximum absolute atomic E-state index is 11.3. The molecule has 26 heavy (non-hydrogen) atoms. The van der Waals surface area contributed by atoms with E-state index in [0.717, 1.165) is 38.7 Å². The molecule has 0 aromatic heterocycles. The zero-order chi connectivity index (χ0) is 17.9. The maximum Gasteiger partial charge on any atom is 0.132 e. The Bertz CT molecular complexity index is 1030. The topological polar surface area (TPSA) is 20.2 Å². The standard InChI is InChI=1S/C24H19OP/c25-24-22(18-12-6-2-7-13-18)20(17-10-4-1-5-11-17)16-21(26)23(24)19-14-8-3-9-15-19/h1-16,25H,26H2. The highest BCUT2D eigenvalue weighted by Crippen LogP contribution is 2.44. The molecular weight excluding hydrogens is 335 g/mol. The molecule has 0 saturated carbocycles. The van der Waals surface area contributed by atoms with Crippen LogP contribution in [0.5, 0.6) is 5.75 Å². The van der Waals surface area contributed by atoms with Crippen LogP contribution in [0.2, 0.25) is 0 Å². The fraction of sp³-hybridized carbons (Fsp3) is 0. The van der Waals surface area contributed by atoms with Crippen molar-refractivity contribution >= 4 is 14.5 Å². The van der Waals surface area contributed by atoms with Gasteiger partial charge in [0.05, 0.1) is 0 Å². The molecule has 1 N–H and O–H groups in total. The number of hydrogen-bond donors (Lipinski definition) is 1. The van der Waals surface area contributed by atoms with Crippen molar-refractivity contribution in [2.45, 2.75) is 0 Å². The average Bonchev–Trinajstić information content (AvgIpc) is 2.70. The fourth-order valence-electron chi connectivity index (χ4n) is 3.34. The molecule has 0 amide bonds. The Hall–Kier alpha value is -2.89. The second-order valence-corrected chi connectivity index (χ2v) is 6.83. The Balaban J connectivity index is 2.05. The Kier molecular flexibility index (Phi) is 4.56. The van der Waals surface area contributed by atoms with Gasteiger partial charge in [-0.1, -0.05) is 91.0 Å². The first-order valence-electron chi connectivity index (χ1n) is 8.57. The van der Waals surface area contributed by atoms with Crippen molar-refractivity contribution in [1.29, 1.82) is 0 Å². The number of phenols is 1. The minimum absolute atomic E-state index is 0.314. The summed E-state index contributed by atoms with van der Waals surface area (Å²) in [7, 11) is 2.78. The zero-order valence-corrected chi connectivity index (χ0v) is 15.4. The van der Waals surface area contributed by atoms with Gasteiger partial charge in [0, 0.05) is 11.1 Å². The predicted molar refractivity (Wildman–Crippen MR) is 114 cm³/mol. The third-order valence-electron chi connectivity index (χ3n) is 4.54. The zero-order valence-electron chi connectivity index (χ0n) is 14.3. The molecule has 126 valence electrons. The summed E-state index contributed by atoms with van der Waals surface area (Å²) in [4.78, 5) is 0. The van der Waals surface area contributed by atoms with E-state index in [1.54, 1.807) is 0 Å². The van der Waals surface area contributed by atoms with Gasteiger partial charge >= 0.3 is 0 Å². The molecule has 0 fully saturated rings. The molecule has 0 spiro atoms. The molecule has 1 nitrogen and oxygen atoms in total. The van der Waals surface area contributed by atoms with Crippen LogP contribution in [0, 0.1) is 0 Å². The highest BCUT2D eigenvalue weighted by atomic mass is 31.0. The first-order chi connectivity index (χ1) is 12.8. The average molecular weight is 354 g/mol. The van der Waals surface area contributed by atoms with Crippen LogP contribution in [0.15, 0.2) is 97.1 Å². The molecule has 0 saturated heterocycles. The second kappa shape index (κ2) is 7.15. The maximum atomic E-state index is 11.3. The van der Waals surface area contributed by atoms with Crippen molar-refractivity contribution in [3.8, 4) is 39.1 Å². The number of benzene rings is 4. The number of hydrogen-bond acceptors (Lipinski definition) is 1. The lowest BCUT2D eigenvalue weighted by atomic mass is 9.89. The van der Waals surface area contributed by atoms with Crippen LogP contribution < -0.4 is 5.30 Å². The lowest BCUT2D eigenvalue weighted by molar-refractivity contribution is 0.480. The van der Waals surface area contributed by atoms with E-state index in [4.69, 9.17) is 0 Å². The van der Waals surface area contributed by atoms with Crippen LogP contribution >= 0.6 is 9.24 Å². The van der Waals surface area contributed by atoms with E-state index in [1.165, 1.54) is 0 Å². The summed E-state index contributed by atoms with van der Waals surface area (Å²) in [6, 6.07) is 32.4. The summed E-state index contributed by atoms with van der Waals surface area (Å²) in [5, 5.41) is 12.3. The molecule has 4 aromatic rings. The van der Waals surface area contributed by atoms with Gasteiger partial charge in [0.15, 0.2) is 0 Å². The first-order valence-corrected chi connectivity index (χ1v) is 9.15. The molecule has 1 unspecified atom stereocenters. The summed E-state index contributed by atoms with van der Waals surface area (Å²) in [6.07, 6.45) is 0. The van der Waals surface area contributed by atoms with Gasteiger partial charge in [-0.25, -0.2) is 0 Å². The largest absolute Gasteiger partial charge is 0.507 e. The van der Waals surface area contributed by atoms with Gasteiger partial charge in [0.25, 0.3) is 0 Å². The number of rotatable bonds is 3. The number of aromatic hydroxyl groups is 1. The van der Waals surface area contributed by atoms with E-state index >= 15 is 0 Å². The molecule has 0 aliphatic rings. The van der Waals surface area contributed by atoms with Crippen molar-refractivity contribution in [1.82, 2.24) is 0 Å². The minimum Gasteiger partial charge on any atom is -0.507 e. The van der Waals surface area contributed by atoms with Crippen LogP contribution in [0.3, 0.4) is 0 Å². The van der Waals surface area contributed by atoms with Gasteiger partial charge < -0.3 is 5.11 Å². The van der Waals surface area contributed by atoms with E-state index in [-0.39, 0.29) is 0 Å². The van der Waals surface area contributed by atoms with E-state index < -0.39 is 0 Å². The van der Waals surface area contributed by atoms with Crippen molar-refractivity contribution in [2.75, 3.05) is 0 Å². The molecule has 0 radical (unpaired) electrons. The second-order valence-electron chi connectivity index (χ2n) is 6.21. The van der Waals surface area contributed by atoms with Crippen molar-refractivity contribution in [2.24, 2.45) is 0 Å². The molecule has 0 bridgehead atoms. The summed E-state index contributed by atoms with van der Waals surface area (Å²) >= 11 is 0. The molecule has 4 rings (SSSR count). The quantitative estimate of drug-likeness (QED) is 0.455. The lowest BCUT2D eigenvalue weighted by Gasteiger charge is -2.18. The van der Waals surface area contributed by atoms with Gasteiger partial charge in [-0.3, -0.25) is 0 Å². The van der Waals surface area contributed by atoms with Gasteiger partial charge in [0.2, 0.25) is 0 Å². The van der Waals surface area contributed by atoms with Crippen molar-refractivity contribution < 1.29 is 5.11 Å². The van der Waals surface area contributed by atoms with Crippen LogP contribution in [0.4, 0.5) is 0 Å². The Labute approximate surface area is 156 Å². The fourth-order valence-corrected chi connectivity index (χ4v) is 3.81. The van der Waals surface area contributed by atoms with Crippen LogP contribution in [-0.2, 0) is 0 Å².